The van der Waals surface area contributed by atoms with E-state index in [-0.39, 0.29) is 0 Å². The molecule has 5 heteroatoms. The summed E-state index contributed by atoms with van der Waals surface area (Å²) in [5.41, 5.74) is 16.4. The van der Waals surface area contributed by atoms with Gasteiger partial charge in [0.1, 0.15) is 11.6 Å². The first kappa shape index (κ1) is 19.4. The molecule has 0 fully saturated rings. The van der Waals surface area contributed by atoms with Crippen molar-refractivity contribution in [2.45, 2.75) is 66.0 Å². The van der Waals surface area contributed by atoms with E-state index in [1.54, 1.807) is 0 Å². The van der Waals surface area contributed by atoms with Gasteiger partial charge >= 0.3 is 0 Å². The zero-order valence-electron chi connectivity index (χ0n) is 16.2. The fraction of sp³-hybridized carbons (Fsp3) is 0.600. The summed E-state index contributed by atoms with van der Waals surface area (Å²) in [5, 5.41) is 0. The summed E-state index contributed by atoms with van der Waals surface area (Å²) in [6, 6.07) is 6.43. The Balaban J connectivity index is 2.01. The van der Waals surface area contributed by atoms with Crippen molar-refractivity contribution in [3.8, 4) is 0 Å². The molecule has 2 aromatic rings. The van der Waals surface area contributed by atoms with E-state index >= 15 is 0 Å². The molecular weight excluding hydrogens is 312 g/mol. The van der Waals surface area contributed by atoms with Crippen molar-refractivity contribution in [1.82, 2.24) is 9.13 Å². The lowest BCUT2D eigenvalue weighted by atomic mass is 9.93. The van der Waals surface area contributed by atoms with E-state index in [0.29, 0.717) is 25.7 Å². The van der Waals surface area contributed by atoms with Crippen LogP contribution in [-0.4, -0.2) is 22.3 Å². The molecule has 2 heterocycles. The molecule has 4 N–H and O–H groups in total. The molecular formula is C20H34N4O. The predicted octanol–water partition coefficient (Wildman–Crippen LogP) is 4.08. The molecule has 0 aliphatic carbocycles. The maximum atomic E-state index is 6.40. The summed E-state index contributed by atoms with van der Waals surface area (Å²) >= 11 is 0. The van der Waals surface area contributed by atoms with E-state index < -0.39 is 0 Å². The van der Waals surface area contributed by atoms with Crippen LogP contribution in [0.4, 0.5) is 11.6 Å². The summed E-state index contributed by atoms with van der Waals surface area (Å²) < 4.78 is 9.80. The highest BCUT2D eigenvalue weighted by atomic mass is 16.5. The number of ether oxygens (including phenoxy) is 1. The quantitative estimate of drug-likeness (QED) is 0.637. The van der Waals surface area contributed by atoms with Gasteiger partial charge in [0.2, 0.25) is 0 Å². The first-order valence-corrected chi connectivity index (χ1v) is 9.44. The number of hydrogen-bond donors (Lipinski definition) is 2. The summed E-state index contributed by atoms with van der Waals surface area (Å²) in [6.07, 6.45) is 3.33. The van der Waals surface area contributed by atoms with Gasteiger partial charge in [0.15, 0.2) is 0 Å². The number of nitrogen functional groups attached to an aromatic ring is 2. The zero-order chi connectivity index (χ0) is 18.4. The molecule has 1 atom stereocenters. The second-order valence-electron chi connectivity index (χ2n) is 6.77. The number of aromatic nitrogens is 2. The van der Waals surface area contributed by atoms with Crippen molar-refractivity contribution in [2.75, 3.05) is 24.7 Å². The van der Waals surface area contributed by atoms with E-state index in [4.69, 9.17) is 16.2 Å². The molecule has 2 aromatic heterocycles. The van der Waals surface area contributed by atoms with E-state index in [1.807, 2.05) is 11.5 Å². The van der Waals surface area contributed by atoms with Gasteiger partial charge in [0, 0.05) is 31.1 Å². The Morgan fingerprint density at radius 2 is 1.72 bits per heavy atom. The number of nitrogens with two attached hydrogens (primary N) is 2. The summed E-state index contributed by atoms with van der Waals surface area (Å²) in [5.74, 6) is 1.99. The third-order valence-corrected chi connectivity index (χ3v) is 5.15. The van der Waals surface area contributed by atoms with Gasteiger partial charge in [-0.25, -0.2) is 0 Å². The van der Waals surface area contributed by atoms with Gasteiger partial charge in [0.25, 0.3) is 0 Å². The van der Waals surface area contributed by atoms with Crippen LogP contribution in [0.2, 0.25) is 0 Å². The molecule has 0 bridgehead atoms. The molecule has 0 aliphatic heterocycles. The highest BCUT2D eigenvalue weighted by Gasteiger charge is 2.18. The average Bonchev–Trinajstić information content (AvgIpc) is 3.05. The molecule has 1 unspecified atom stereocenters. The van der Waals surface area contributed by atoms with Crippen LogP contribution in [0.15, 0.2) is 18.2 Å². The molecule has 0 saturated carbocycles. The third kappa shape index (κ3) is 4.60. The third-order valence-electron chi connectivity index (χ3n) is 5.15. The molecule has 25 heavy (non-hydrogen) atoms. The summed E-state index contributed by atoms with van der Waals surface area (Å²) in [6.45, 7) is 11.7. The topological polar surface area (TPSA) is 71.1 Å². The Morgan fingerprint density at radius 3 is 2.32 bits per heavy atom. The van der Waals surface area contributed by atoms with Crippen LogP contribution in [0.5, 0.6) is 0 Å². The lowest BCUT2D eigenvalue weighted by Crippen LogP contribution is -2.12. The van der Waals surface area contributed by atoms with Gasteiger partial charge in [-0.3, -0.25) is 0 Å². The van der Waals surface area contributed by atoms with Gasteiger partial charge in [-0.1, -0.05) is 6.92 Å². The van der Waals surface area contributed by atoms with Crippen molar-refractivity contribution < 1.29 is 4.74 Å². The van der Waals surface area contributed by atoms with Crippen LogP contribution in [0.3, 0.4) is 0 Å². The van der Waals surface area contributed by atoms with Crippen molar-refractivity contribution in [1.29, 1.82) is 0 Å². The van der Waals surface area contributed by atoms with Crippen molar-refractivity contribution >= 4 is 11.6 Å². The lowest BCUT2D eigenvalue weighted by Gasteiger charge is -2.17. The van der Waals surface area contributed by atoms with Gasteiger partial charge in [-0.15, -0.1) is 0 Å². The van der Waals surface area contributed by atoms with Crippen LogP contribution in [0, 0.1) is 13.8 Å². The zero-order valence-corrected chi connectivity index (χ0v) is 16.2. The first-order chi connectivity index (χ1) is 12.0. The average molecular weight is 347 g/mol. The number of rotatable bonds is 10. The molecule has 0 radical (unpaired) electrons. The number of aryl methyl sites for hydroxylation is 2. The molecule has 5 nitrogen and oxygen atoms in total. The summed E-state index contributed by atoms with van der Waals surface area (Å²) in [7, 11) is 0. The fourth-order valence-electron chi connectivity index (χ4n) is 3.61. The number of anilines is 2. The summed E-state index contributed by atoms with van der Waals surface area (Å²) in [4.78, 5) is 0. The van der Waals surface area contributed by atoms with Crippen molar-refractivity contribution in [3.63, 3.8) is 0 Å². The second kappa shape index (κ2) is 8.99. The van der Waals surface area contributed by atoms with Crippen LogP contribution in [-0.2, 0) is 17.8 Å². The molecule has 0 aromatic carbocycles. The molecule has 0 spiro atoms. The predicted molar refractivity (Wildman–Crippen MR) is 106 cm³/mol. The van der Waals surface area contributed by atoms with E-state index in [2.05, 4.69) is 43.5 Å². The molecule has 0 amide bonds. The van der Waals surface area contributed by atoms with E-state index in [0.717, 1.165) is 37.4 Å². The smallest absolute Gasteiger partial charge is 0.108 e. The normalized spacial score (nSPS) is 12.6. The largest absolute Gasteiger partial charge is 0.385 e. The Morgan fingerprint density at radius 1 is 1.04 bits per heavy atom. The highest BCUT2D eigenvalue weighted by molar-refractivity contribution is 5.54. The SMILES string of the molecule is CCOCCn1c(N)cc(C(CC)CCCn2c(C)ccc2C)c1N. The minimum atomic E-state index is 0.451. The monoisotopic (exact) mass is 346 g/mol. The standard InChI is InChI=1S/C20H34N4O/c1-5-17(8-7-11-23-15(3)9-10-16(23)4)18-14-19(21)24(20(18)22)12-13-25-6-2/h9-10,14,17H,5-8,11-13,21-22H2,1-4H3. The number of hydrogen-bond acceptors (Lipinski definition) is 3. The van der Waals surface area contributed by atoms with Gasteiger partial charge in [-0.05, 0) is 69.7 Å². The van der Waals surface area contributed by atoms with Crippen LogP contribution < -0.4 is 11.5 Å². The van der Waals surface area contributed by atoms with Gasteiger partial charge in [-0.2, -0.15) is 0 Å². The Bertz CT molecular complexity index is 652. The Kier molecular flexibility index (Phi) is 7.00. The van der Waals surface area contributed by atoms with Crippen molar-refractivity contribution in [2.24, 2.45) is 0 Å². The minimum Gasteiger partial charge on any atom is -0.385 e. The molecule has 2 rings (SSSR count). The van der Waals surface area contributed by atoms with Gasteiger partial charge in [0.05, 0.1) is 6.61 Å². The molecule has 140 valence electrons. The molecule has 0 saturated heterocycles. The van der Waals surface area contributed by atoms with Crippen LogP contribution in [0.1, 0.15) is 56.0 Å². The van der Waals surface area contributed by atoms with Gasteiger partial charge < -0.3 is 25.3 Å². The lowest BCUT2D eigenvalue weighted by molar-refractivity contribution is 0.140. The number of nitrogens with zero attached hydrogens (tertiary/aromatic N) is 2. The Hall–Kier alpha value is -1.88. The fourth-order valence-corrected chi connectivity index (χ4v) is 3.61. The first-order valence-electron chi connectivity index (χ1n) is 9.44. The van der Waals surface area contributed by atoms with E-state index in [9.17, 15) is 0 Å². The van der Waals surface area contributed by atoms with Crippen LogP contribution in [0.25, 0.3) is 0 Å². The Labute approximate surface area is 151 Å². The highest BCUT2D eigenvalue weighted by Crippen LogP contribution is 2.33. The second-order valence-corrected chi connectivity index (χ2v) is 6.77. The minimum absolute atomic E-state index is 0.451. The maximum absolute atomic E-state index is 6.40. The maximum Gasteiger partial charge on any atom is 0.108 e. The van der Waals surface area contributed by atoms with E-state index in [1.165, 1.54) is 17.0 Å². The van der Waals surface area contributed by atoms with Crippen LogP contribution >= 0.6 is 0 Å². The molecule has 0 aliphatic rings. The van der Waals surface area contributed by atoms with Crippen molar-refractivity contribution in [3.05, 3.63) is 35.2 Å².